The molecule has 1 aromatic heterocycles. The molecule has 78 valence electrons. The molecule has 0 N–H and O–H groups in total. The molecule has 0 nitrogen and oxygen atoms in total. The fourth-order valence-corrected chi connectivity index (χ4v) is 3.35. The molecule has 0 saturated heterocycles. The van der Waals surface area contributed by atoms with Gasteiger partial charge >= 0.3 is 0 Å². The molecule has 1 heterocycles. The maximum Gasteiger partial charge on any atom is 0.00481 e. The van der Waals surface area contributed by atoms with Crippen molar-refractivity contribution in [3.8, 4) is 0 Å². The van der Waals surface area contributed by atoms with Crippen molar-refractivity contribution < 1.29 is 0 Å². The zero-order chi connectivity index (χ0) is 9.80. The summed E-state index contributed by atoms with van der Waals surface area (Å²) in [5, 5.41) is 0. The van der Waals surface area contributed by atoms with Gasteiger partial charge in [-0.25, -0.2) is 0 Å². The van der Waals surface area contributed by atoms with Gasteiger partial charge in [-0.3, -0.25) is 0 Å². The van der Waals surface area contributed by atoms with Crippen molar-refractivity contribution in [2.75, 3.05) is 0 Å². The van der Waals surface area contributed by atoms with Crippen LogP contribution in [0.1, 0.15) is 48.3 Å². The van der Waals surface area contributed by atoms with Crippen LogP contribution in [-0.2, 0) is 6.42 Å². The lowest BCUT2D eigenvalue weighted by atomic mass is 9.86. The SMILES string of the molecule is Cc1ccc(CCC2CCCCC2)s1. The molecule has 0 unspecified atom stereocenters. The Morgan fingerprint density at radius 2 is 2.00 bits per heavy atom. The summed E-state index contributed by atoms with van der Waals surface area (Å²) in [6.45, 7) is 2.20. The second-order valence-electron chi connectivity index (χ2n) is 4.56. The van der Waals surface area contributed by atoms with Crippen LogP contribution >= 0.6 is 11.3 Å². The minimum atomic E-state index is 1.03. The van der Waals surface area contributed by atoms with E-state index in [1.54, 1.807) is 4.88 Å². The summed E-state index contributed by atoms with van der Waals surface area (Å²) in [5.74, 6) is 1.03. The number of hydrogen-bond donors (Lipinski definition) is 0. The Morgan fingerprint density at radius 3 is 2.64 bits per heavy atom. The summed E-state index contributed by atoms with van der Waals surface area (Å²) in [5.41, 5.74) is 0. The van der Waals surface area contributed by atoms with E-state index in [1.165, 1.54) is 49.8 Å². The van der Waals surface area contributed by atoms with Gasteiger partial charge in [-0.05, 0) is 37.8 Å². The lowest BCUT2D eigenvalue weighted by Gasteiger charge is -2.20. The van der Waals surface area contributed by atoms with E-state index < -0.39 is 0 Å². The van der Waals surface area contributed by atoms with Gasteiger partial charge in [0.2, 0.25) is 0 Å². The zero-order valence-electron chi connectivity index (χ0n) is 9.09. The molecular formula is C13H20S. The maximum atomic E-state index is 2.31. The number of aryl methyl sites for hydroxylation is 2. The Kier molecular flexibility index (Phi) is 3.63. The Balaban J connectivity index is 1.76. The first-order valence-electron chi connectivity index (χ1n) is 5.90. The van der Waals surface area contributed by atoms with Gasteiger partial charge in [-0.2, -0.15) is 0 Å². The lowest BCUT2D eigenvalue weighted by molar-refractivity contribution is 0.340. The fourth-order valence-electron chi connectivity index (χ4n) is 2.44. The summed E-state index contributed by atoms with van der Waals surface area (Å²) in [7, 11) is 0. The standard InChI is InChI=1S/C13H20S/c1-11-7-9-13(14-11)10-8-12-5-3-2-4-6-12/h7,9,12H,2-6,8,10H2,1H3. The van der Waals surface area contributed by atoms with Crippen LogP contribution in [0.4, 0.5) is 0 Å². The van der Waals surface area contributed by atoms with Gasteiger partial charge in [0.05, 0.1) is 0 Å². The Morgan fingerprint density at radius 1 is 1.21 bits per heavy atom. The van der Waals surface area contributed by atoms with Crippen LogP contribution in [0.25, 0.3) is 0 Å². The van der Waals surface area contributed by atoms with Gasteiger partial charge in [-0.15, -0.1) is 11.3 Å². The average Bonchev–Trinajstić information content (AvgIpc) is 2.63. The van der Waals surface area contributed by atoms with Gasteiger partial charge < -0.3 is 0 Å². The third-order valence-corrected chi connectivity index (χ3v) is 4.38. The molecule has 1 aromatic rings. The van der Waals surface area contributed by atoms with Crippen molar-refractivity contribution in [2.45, 2.75) is 51.9 Å². The topological polar surface area (TPSA) is 0 Å². The van der Waals surface area contributed by atoms with Crippen LogP contribution in [0.2, 0.25) is 0 Å². The van der Waals surface area contributed by atoms with E-state index in [4.69, 9.17) is 0 Å². The van der Waals surface area contributed by atoms with Crippen molar-refractivity contribution in [1.82, 2.24) is 0 Å². The largest absolute Gasteiger partial charge is 0.146 e. The Hall–Kier alpha value is -0.300. The van der Waals surface area contributed by atoms with Crippen LogP contribution in [-0.4, -0.2) is 0 Å². The summed E-state index contributed by atoms with van der Waals surface area (Å²) >= 11 is 1.98. The summed E-state index contributed by atoms with van der Waals surface area (Å²) in [4.78, 5) is 3.05. The molecule has 14 heavy (non-hydrogen) atoms. The number of thiophene rings is 1. The highest BCUT2D eigenvalue weighted by atomic mass is 32.1. The van der Waals surface area contributed by atoms with E-state index in [0.29, 0.717) is 0 Å². The number of rotatable bonds is 3. The first kappa shape index (κ1) is 10.2. The second-order valence-corrected chi connectivity index (χ2v) is 5.93. The predicted molar refractivity (Wildman–Crippen MR) is 64.0 cm³/mol. The highest BCUT2D eigenvalue weighted by Crippen LogP contribution is 2.28. The van der Waals surface area contributed by atoms with Crippen molar-refractivity contribution in [1.29, 1.82) is 0 Å². The molecule has 0 atom stereocenters. The molecule has 2 rings (SSSR count). The van der Waals surface area contributed by atoms with Crippen LogP contribution in [0.15, 0.2) is 12.1 Å². The minimum absolute atomic E-state index is 1.03. The minimum Gasteiger partial charge on any atom is -0.146 e. The highest BCUT2D eigenvalue weighted by Gasteiger charge is 2.13. The first-order chi connectivity index (χ1) is 6.84. The quantitative estimate of drug-likeness (QED) is 0.682. The first-order valence-corrected chi connectivity index (χ1v) is 6.71. The molecule has 1 saturated carbocycles. The van der Waals surface area contributed by atoms with Crippen molar-refractivity contribution in [2.24, 2.45) is 5.92 Å². The molecule has 1 heteroatoms. The molecule has 1 aliphatic rings. The van der Waals surface area contributed by atoms with Crippen molar-refractivity contribution in [3.05, 3.63) is 21.9 Å². The fraction of sp³-hybridized carbons (Fsp3) is 0.692. The van der Waals surface area contributed by atoms with Crippen LogP contribution in [0.5, 0.6) is 0 Å². The second kappa shape index (κ2) is 4.97. The summed E-state index contributed by atoms with van der Waals surface area (Å²) < 4.78 is 0. The maximum absolute atomic E-state index is 2.31. The molecule has 0 spiro atoms. The number of hydrogen-bond acceptors (Lipinski definition) is 1. The van der Waals surface area contributed by atoms with Crippen LogP contribution in [0.3, 0.4) is 0 Å². The van der Waals surface area contributed by atoms with Crippen molar-refractivity contribution in [3.63, 3.8) is 0 Å². The van der Waals surface area contributed by atoms with Gasteiger partial charge in [0, 0.05) is 9.75 Å². The highest BCUT2D eigenvalue weighted by molar-refractivity contribution is 7.11. The molecule has 0 bridgehead atoms. The molecule has 0 aliphatic heterocycles. The monoisotopic (exact) mass is 208 g/mol. The Labute approximate surface area is 91.4 Å². The van der Waals surface area contributed by atoms with Gasteiger partial charge in [0.25, 0.3) is 0 Å². The van der Waals surface area contributed by atoms with Crippen LogP contribution in [0, 0.1) is 12.8 Å². The lowest BCUT2D eigenvalue weighted by Crippen LogP contribution is -2.06. The summed E-state index contributed by atoms with van der Waals surface area (Å²) in [6.07, 6.45) is 10.2. The van der Waals surface area contributed by atoms with Gasteiger partial charge in [0.1, 0.15) is 0 Å². The van der Waals surface area contributed by atoms with Gasteiger partial charge in [0.15, 0.2) is 0 Å². The molecular weight excluding hydrogens is 188 g/mol. The van der Waals surface area contributed by atoms with E-state index >= 15 is 0 Å². The Bertz CT molecular complexity index is 269. The molecule has 0 amide bonds. The normalized spacial score (nSPS) is 18.6. The van der Waals surface area contributed by atoms with E-state index in [1.807, 2.05) is 11.3 Å². The molecule has 0 radical (unpaired) electrons. The third kappa shape index (κ3) is 2.84. The van der Waals surface area contributed by atoms with E-state index in [0.717, 1.165) is 5.92 Å². The van der Waals surface area contributed by atoms with E-state index in [2.05, 4.69) is 19.1 Å². The van der Waals surface area contributed by atoms with Crippen molar-refractivity contribution >= 4 is 11.3 Å². The molecule has 1 fully saturated rings. The average molecular weight is 208 g/mol. The molecule has 0 aromatic carbocycles. The predicted octanol–water partition coefficient (Wildman–Crippen LogP) is 4.57. The third-order valence-electron chi connectivity index (χ3n) is 3.32. The molecule has 1 aliphatic carbocycles. The van der Waals surface area contributed by atoms with E-state index in [-0.39, 0.29) is 0 Å². The van der Waals surface area contributed by atoms with Gasteiger partial charge in [-0.1, -0.05) is 32.1 Å². The smallest absolute Gasteiger partial charge is 0.00481 e. The summed E-state index contributed by atoms with van der Waals surface area (Å²) in [6, 6.07) is 4.56. The van der Waals surface area contributed by atoms with E-state index in [9.17, 15) is 0 Å². The van der Waals surface area contributed by atoms with Crippen LogP contribution < -0.4 is 0 Å². The zero-order valence-corrected chi connectivity index (χ0v) is 9.91.